The van der Waals surface area contributed by atoms with Gasteiger partial charge in [0.1, 0.15) is 0 Å². The Labute approximate surface area is 245 Å². The Morgan fingerprint density at radius 1 is 0.921 bits per heavy atom. The maximum atomic E-state index is 7.20. The predicted octanol–water partition coefficient (Wildman–Crippen LogP) is 10.0. The van der Waals surface area contributed by atoms with Crippen molar-refractivity contribution in [3.63, 3.8) is 0 Å². The fraction of sp³-hybridized carbons (Fsp3) is 0.938. The highest BCUT2D eigenvalue weighted by molar-refractivity contribution is 6.74. The SMILES string of the molecule is CCC(/C=C/[C@@H]1[C@H](CCl)[C@@H](O[Si](CC)(CC)CC)C[C@H]1O[Si](C)(C)C(C)(C)C)N1C(C)(C)CCCC1(C)C. The minimum atomic E-state index is -1.94. The van der Waals surface area contributed by atoms with Crippen LogP contribution in [0.15, 0.2) is 12.2 Å². The molecule has 5 atom stereocenters. The van der Waals surface area contributed by atoms with Crippen molar-refractivity contribution in [1.82, 2.24) is 4.90 Å². The molecule has 1 saturated carbocycles. The van der Waals surface area contributed by atoms with Gasteiger partial charge in [0.15, 0.2) is 16.6 Å². The summed E-state index contributed by atoms with van der Waals surface area (Å²) < 4.78 is 14.4. The van der Waals surface area contributed by atoms with Gasteiger partial charge in [0.25, 0.3) is 0 Å². The summed E-state index contributed by atoms with van der Waals surface area (Å²) >= 11 is 6.82. The van der Waals surface area contributed by atoms with Crippen molar-refractivity contribution in [3.05, 3.63) is 12.2 Å². The molecule has 3 nitrogen and oxygen atoms in total. The monoisotopic (exact) mass is 585 g/mol. The lowest BCUT2D eigenvalue weighted by Gasteiger charge is -2.56. The lowest BCUT2D eigenvalue weighted by molar-refractivity contribution is -0.0488. The van der Waals surface area contributed by atoms with Crippen molar-refractivity contribution in [2.75, 3.05) is 5.88 Å². The van der Waals surface area contributed by atoms with Crippen LogP contribution in [0.25, 0.3) is 0 Å². The standard InChI is InChI=1S/C32H64ClNO2Si2/c1-14-25(34-31(8,9)21-18-22-32(34,10)11)19-20-26-27(24-33)29(36-38(15-2,16-3)17-4)23-28(26)35-37(12,13)30(5,6)7/h19-20,25-29H,14-18,21-24H2,1-13H3/b20-19+/t25?,26-,27+,28-,29+/m1/s1. The molecule has 0 amide bonds. The smallest absolute Gasteiger partial charge is 0.192 e. The molecule has 1 aliphatic heterocycles. The molecule has 2 rings (SSSR count). The number of nitrogens with zero attached hydrogens (tertiary/aromatic N) is 1. The minimum absolute atomic E-state index is 0.179. The molecule has 1 unspecified atom stereocenters. The molecule has 6 heteroatoms. The van der Waals surface area contributed by atoms with Gasteiger partial charge in [-0.05, 0) is 96.1 Å². The number of rotatable bonds is 12. The van der Waals surface area contributed by atoms with Crippen LogP contribution in [0.3, 0.4) is 0 Å². The van der Waals surface area contributed by atoms with Gasteiger partial charge in [-0.1, -0.05) is 60.6 Å². The first-order valence-corrected chi connectivity index (χ1v) is 21.8. The summed E-state index contributed by atoms with van der Waals surface area (Å²) in [6.45, 7) is 31.0. The van der Waals surface area contributed by atoms with Gasteiger partial charge in [0.2, 0.25) is 0 Å². The maximum absolute atomic E-state index is 7.20. The number of likely N-dealkylation sites (tertiary alicyclic amines) is 1. The molecule has 0 bridgehead atoms. The molecule has 0 spiro atoms. The normalized spacial score (nSPS) is 29.7. The third-order valence-electron chi connectivity index (χ3n) is 10.8. The summed E-state index contributed by atoms with van der Waals surface area (Å²) in [5.41, 5.74) is 0.400. The van der Waals surface area contributed by atoms with Gasteiger partial charge in [-0.3, -0.25) is 4.90 Å². The molecule has 0 radical (unpaired) electrons. The average Bonchev–Trinajstić information content (AvgIpc) is 3.12. The second-order valence-corrected chi connectivity index (χ2v) is 24.9. The zero-order valence-corrected chi connectivity index (χ0v) is 30.3. The minimum Gasteiger partial charge on any atom is -0.413 e. The fourth-order valence-corrected chi connectivity index (χ4v) is 11.9. The second-order valence-electron chi connectivity index (χ2n) is 15.2. The van der Waals surface area contributed by atoms with Gasteiger partial charge < -0.3 is 8.85 Å². The summed E-state index contributed by atoms with van der Waals surface area (Å²) in [6, 6.07) is 3.95. The number of hydrogen-bond acceptors (Lipinski definition) is 3. The third kappa shape index (κ3) is 7.59. The van der Waals surface area contributed by atoms with E-state index < -0.39 is 16.6 Å². The Bertz CT molecular complexity index is 748. The molecule has 0 aromatic rings. The molecule has 0 aromatic carbocycles. The van der Waals surface area contributed by atoms with Gasteiger partial charge >= 0.3 is 0 Å². The number of piperidine rings is 1. The van der Waals surface area contributed by atoms with Crippen molar-refractivity contribution in [2.24, 2.45) is 11.8 Å². The van der Waals surface area contributed by atoms with Crippen LogP contribution in [-0.4, -0.2) is 56.7 Å². The van der Waals surface area contributed by atoms with Crippen molar-refractivity contribution >= 4 is 28.2 Å². The quantitative estimate of drug-likeness (QED) is 0.129. The van der Waals surface area contributed by atoms with E-state index in [1.54, 1.807) is 0 Å². The summed E-state index contributed by atoms with van der Waals surface area (Å²) in [4.78, 5) is 2.81. The Kier molecular flexibility index (Phi) is 11.9. The third-order valence-corrected chi connectivity index (χ3v) is 20.3. The molecule has 1 aliphatic carbocycles. The van der Waals surface area contributed by atoms with Crippen LogP contribution >= 0.6 is 11.6 Å². The lowest BCUT2D eigenvalue weighted by Crippen LogP contribution is -2.61. The maximum Gasteiger partial charge on any atom is 0.192 e. The van der Waals surface area contributed by atoms with Crippen molar-refractivity contribution in [3.8, 4) is 0 Å². The van der Waals surface area contributed by atoms with Crippen LogP contribution in [0, 0.1) is 11.8 Å². The summed E-state index contributed by atoms with van der Waals surface area (Å²) in [5, 5.41) is 0.180. The Hall–Kier alpha value is 0.344. The Balaban J connectivity index is 2.47. The van der Waals surface area contributed by atoms with E-state index >= 15 is 0 Å². The molecular weight excluding hydrogens is 522 g/mol. The van der Waals surface area contributed by atoms with Crippen molar-refractivity contribution < 1.29 is 8.85 Å². The molecule has 1 saturated heterocycles. The van der Waals surface area contributed by atoms with E-state index in [1.165, 1.54) is 37.4 Å². The molecular formula is C32H64ClNO2Si2. The summed E-state index contributed by atoms with van der Waals surface area (Å²) in [7, 11) is -3.69. The van der Waals surface area contributed by atoms with E-state index in [9.17, 15) is 0 Å². The topological polar surface area (TPSA) is 21.7 Å². The van der Waals surface area contributed by atoms with Crippen LogP contribution in [0.1, 0.15) is 108 Å². The molecule has 224 valence electrons. The van der Waals surface area contributed by atoms with Crippen LogP contribution in [0.4, 0.5) is 0 Å². The van der Waals surface area contributed by atoms with Crippen molar-refractivity contribution in [1.29, 1.82) is 0 Å². The van der Waals surface area contributed by atoms with Crippen molar-refractivity contribution in [2.45, 2.75) is 174 Å². The van der Waals surface area contributed by atoms with E-state index in [4.69, 9.17) is 20.5 Å². The average molecular weight is 586 g/mol. The largest absolute Gasteiger partial charge is 0.413 e. The number of hydrogen-bond donors (Lipinski definition) is 0. The molecule has 1 heterocycles. The summed E-state index contributed by atoms with van der Waals surface area (Å²) in [5.74, 6) is 1.24. The predicted molar refractivity (Wildman–Crippen MR) is 174 cm³/mol. The van der Waals surface area contributed by atoms with E-state index in [1.807, 2.05) is 0 Å². The molecule has 0 aromatic heterocycles. The van der Waals surface area contributed by atoms with Gasteiger partial charge in [0.05, 0.1) is 12.2 Å². The van der Waals surface area contributed by atoms with Gasteiger partial charge in [0, 0.05) is 34.8 Å². The van der Waals surface area contributed by atoms with Crippen LogP contribution in [0.5, 0.6) is 0 Å². The highest BCUT2D eigenvalue weighted by atomic mass is 35.5. The molecule has 0 N–H and O–H groups in total. The Morgan fingerprint density at radius 2 is 1.45 bits per heavy atom. The highest BCUT2D eigenvalue weighted by Crippen LogP contribution is 2.46. The number of alkyl halides is 1. The highest BCUT2D eigenvalue weighted by Gasteiger charge is 2.50. The van der Waals surface area contributed by atoms with E-state index in [-0.39, 0.29) is 28.3 Å². The number of halogens is 1. The van der Waals surface area contributed by atoms with Gasteiger partial charge in [-0.25, -0.2) is 0 Å². The van der Waals surface area contributed by atoms with Crippen LogP contribution < -0.4 is 0 Å². The van der Waals surface area contributed by atoms with Gasteiger partial charge in [-0.15, -0.1) is 11.6 Å². The molecule has 2 fully saturated rings. The fourth-order valence-electron chi connectivity index (χ4n) is 7.26. The van der Waals surface area contributed by atoms with E-state index in [2.05, 4.69) is 106 Å². The molecule has 38 heavy (non-hydrogen) atoms. The Morgan fingerprint density at radius 3 is 1.87 bits per heavy atom. The lowest BCUT2D eigenvalue weighted by atomic mass is 9.78. The second kappa shape index (κ2) is 13.1. The zero-order valence-electron chi connectivity index (χ0n) is 27.5. The first-order valence-electron chi connectivity index (χ1n) is 15.8. The first kappa shape index (κ1) is 34.5. The van der Waals surface area contributed by atoms with E-state index in [0.29, 0.717) is 23.8 Å². The summed E-state index contributed by atoms with van der Waals surface area (Å²) in [6.07, 6.45) is 11.4. The first-order chi connectivity index (χ1) is 17.4. The van der Waals surface area contributed by atoms with E-state index in [0.717, 1.165) is 12.8 Å². The van der Waals surface area contributed by atoms with Gasteiger partial charge in [-0.2, -0.15) is 0 Å². The zero-order chi connectivity index (χ0) is 29.2. The van der Waals surface area contributed by atoms with Crippen LogP contribution in [-0.2, 0) is 8.85 Å². The van der Waals surface area contributed by atoms with Crippen LogP contribution in [0.2, 0.25) is 36.3 Å². The molecule has 2 aliphatic rings.